The van der Waals surface area contributed by atoms with Gasteiger partial charge in [0.05, 0.1) is 6.61 Å². The second kappa shape index (κ2) is 6.64. The van der Waals surface area contributed by atoms with Gasteiger partial charge in [0.2, 0.25) is 0 Å². The summed E-state index contributed by atoms with van der Waals surface area (Å²) in [5.74, 6) is 0.836. The second-order valence-corrected chi connectivity index (χ2v) is 4.92. The Morgan fingerprint density at radius 1 is 1.39 bits per heavy atom. The number of hydrogen-bond donors (Lipinski definition) is 2. The minimum Gasteiger partial charge on any atom is -0.504 e. The zero-order chi connectivity index (χ0) is 12.8. The molecule has 0 aromatic heterocycles. The highest BCUT2D eigenvalue weighted by Gasteiger charge is 2.12. The number of aromatic hydroxyl groups is 1. The molecule has 0 amide bonds. The summed E-state index contributed by atoms with van der Waals surface area (Å²) in [5.41, 5.74) is 1.24. The van der Waals surface area contributed by atoms with E-state index >= 15 is 0 Å². The Labute approximate surface area is 109 Å². The molecule has 1 aromatic carbocycles. The largest absolute Gasteiger partial charge is 0.504 e. The Bertz CT molecular complexity index is 373. The van der Waals surface area contributed by atoms with Crippen LogP contribution < -0.4 is 10.1 Å². The number of hydrogen-bond acceptors (Lipinski definition) is 3. The third kappa shape index (κ3) is 3.64. The van der Waals surface area contributed by atoms with Gasteiger partial charge in [-0.25, -0.2) is 0 Å². The molecule has 1 heterocycles. The highest BCUT2D eigenvalue weighted by Crippen LogP contribution is 2.27. The number of phenols is 1. The first-order chi connectivity index (χ1) is 8.79. The van der Waals surface area contributed by atoms with E-state index in [1.165, 1.54) is 24.8 Å². The Morgan fingerprint density at radius 3 is 3.00 bits per heavy atom. The fourth-order valence-corrected chi connectivity index (χ4v) is 2.50. The Morgan fingerprint density at radius 2 is 2.28 bits per heavy atom. The molecule has 1 aliphatic heterocycles. The quantitative estimate of drug-likeness (QED) is 0.843. The van der Waals surface area contributed by atoms with Crippen LogP contribution in [-0.2, 0) is 6.42 Å². The van der Waals surface area contributed by atoms with Crippen LogP contribution in [0.3, 0.4) is 0 Å². The summed E-state index contributed by atoms with van der Waals surface area (Å²) in [6, 6.07) is 6.33. The number of rotatable bonds is 5. The monoisotopic (exact) mass is 249 g/mol. The average Bonchev–Trinajstić information content (AvgIpc) is 2.41. The molecule has 0 radical (unpaired) electrons. The molecule has 1 aliphatic rings. The summed E-state index contributed by atoms with van der Waals surface area (Å²) < 4.78 is 5.40. The van der Waals surface area contributed by atoms with Crippen LogP contribution >= 0.6 is 0 Å². The molecule has 3 heteroatoms. The topological polar surface area (TPSA) is 41.5 Å². The van der Waals surface area contributed by atoms with E-state index in [1.54, 1.807) is 6.07 Å². The van der Waals surface area contributed by atoms with Crippen molar-refractivity contribution < 1.29 is 9.84 Å². The van der Waals surface area contributed by atoms with Crippen molar-refractivity contribution in [2.75, 3.05) is 13.2 Å². The van der Waals surface area contributed by atoms with Gasteiger partial charge < -0.3 is 15.2 Å². The molecule has 1 unspecified atom stereocenters. The molecule has 1 aromatic rings. The van der Waals surface area contributed by atoms with Gasteiger partial charge in [0.15, 0.2) is 11.5 Å². The van der Waals surface area contributed by atoms with Crippen molar-refractivity contribution in [2.24, 2.45) is 0 Å². The van der Waals surface area contributed by atoms with Crippen LogP contribution in [0.2, 0.25) is 0 Å². The van der Waals surface area contributed by atoms with E-state index in [9.17, 15) is 5.11 Å². The second-order valence-electron chi connectivity index (χ2n) is 4.92. The lowest BCUT2D eigenvalue weighted by atomic mass is 9.98. The lowest BCUT2D eigenvalue weighted by molar-refractivity contribution is 0.317. The molecule has 1 fully saturated rings. The van der Waals surface area contributed by atoms with Crippen molar-refractivity contribution in [1.29, 1.82) is 0 Å². The normalized spacial score (nSPS) is 19.7. The third-order valence-electron chi connectivity index (χ3n) is 3.52. The Balaban J connectivity index is 1.90. The zero-order valence-electron chi connectivity index (χ0n) is 11.1. The summed E-state index contributed by atoms with van der Waals surface area (Å²) in [6.07, 6.45) is 6.15. The van der Waals surface area contributed by atoms with E-state index in [1.807, 2.05) is 19.1 Å². The van der Waals surface area contributed by atoms with Gasteiger partial charge in [0, 0.05) is 6.04 Å². The minimum atomic E-state index is 0.233. The SMILES string of the molecule is CCOc1cc(CCC2CCCCN2)ccc1O. The molecule has 0 spiro atoms. The standard InChI is InChI=1S/C15H23NO2/c1-2-18-15-11-12(7-9-14(15)17)6-8-13-5-3-4-10-16-13/h7,9,11,13,16-17H,2-6,8,10H2,1H3. The molecule has 3 nitrogen and oxygen atoms in total. The molecule has 100 valence electrons. The van der Waals surface area contributed by atoms with Gasteiger partial charge in [0.25, 0.3) is 0 Å². The van der Waals surface area contributed by atoms with E-state index < -0.39 is 0 Å². The summed E-state index contributed by atoms with van der Waals surface area (Å²) in [7, 11) is 0. The van der Waals surface area contributed by atoms with Gasteiger partial charge in [-0.1, -0.05) is 12.5 Å². The lowest BCUT2D eigenvalue weighted by Gasteiger charge is -2.23. The predicted molar refractivity (Wildman–Crippen MR) is 73.2 cm³/mol. The number of ether oxygens (including phenoxy) is 1. The van der Waals surface area contributed by atoms with Gasteiger partial charge in [0.1, 0.15) is 0 Å². The number of nitrogens with one attached hydrogen (secondary N) is 1. The Hall–Kier alpha value is -1.22. The van der Waals surface area contributed by atoms with E-state index in [4.69, 9.17) is 4.74 Å². The highest BCUT2D eigenvalue weighted by atomic mass is 16.5. The third-order valence-corrected chi connectivity index (χ3v) is 3.52. The maximum absolute atomic E-state index is 9.65. The first-order valence-corrected chi connectivity index (χ1v) is 6.97. The number of aryl methyl sites for hydroxylation is 1. The van der Waals surface area contributed by atoms with Crippen LogP contribution in [0.15, 0.2) is 18.2 Å². The molecular weight excluding hydrogens is 226 g/mol. The number of piperidine rings is 1. The van der Waals surface area contributed by atoms with E-state index in [2.05, 4.69) is 5.32 Å². The number of benzene rings is 1. The lowest BCUT2D eigenvalue weighted by Crippen LogP contribution is -2.34. The van der Waals surface area contributed by atoms with E-state index in [-0.39, 0.29) is 5.75 Å². The van der Waals surface area contributed by atoms with Crippen molar-refractivity contribution in [1.82, 2.24) is 5.32 Å². The Kier molecular flexibility index (Phi) is 4.88. The molecule has 2 rings (SSSR count). The van der Waals surface area contributed by atoms with Crippen LogP contribution in [0.1, 0.15) is 38.2 Å². The number of phenolic OH excluding ortho intramolecular Hbond substituents is 1. The minimum absolute atomic E-state index is 0.233. The van der Waals surface area contributed by atoms with Crippen molar-refractivity contribution in [3.63, 3.8) is 0 Å². The summed E-state index contributed by atoms with van der Waals surface area (Å²) in [6.45, 7) is 3.67. The van der Waals surface area contributed by atoms with Crippen LogP contribution in [0.5, 0.6) is 11.5 Å². The van der Waals surface area contributed by atoms with Crippen LogP contribution in [0.25, 0.3) is 0 Å². The van der Waals surface area contributed by atoms with Crippen molar-refractivity contribution in [3.8, 4) is 11.5 Å². The van der Waals surface area contributed by atoms with Gasteiger partial charge in [-0.2, -0.15) is 0 Å². The predicted octanol–water partition coefficient (Wildman–Crippen LogP) is 2.87. The summed E-state index contributed by atoms with van der Waals surface area (Å²) in [4.78, 5) is 0. The summed E-state index contributed by atoms with van der Waals surface area (Å²) in [5, 5.41) is 13.2. The first kappa shape index (κ1) is 13.2. The van der Waals surface area contributed by atoms with Crippen LogP contribution in [-0.4, -0.2) is 24.3 Å². The fraction of sp³-hybridized carbons (Fsp3) is 0.600. The van der Waals surface area contributed by atoms with Crippen molar-refractivity contribution in [2.45, 2.75) is 45.1 Å². The van der Waals surface area contributed by atoms with Gasteiger partial charge in [-0.05, 0) is 56.8 Å². The van der Waals surface area contributed by atoms with Crippen molar-refractivity contribution >= 4 is 0 Å². The molecular formula is C15H23NO2. The zero-order valence-corrected chi connectivity index (χ0v) is 11.1. The van der Waals surface area contributed by atoms with Crippen molar-refractivity contribution in [3.05, 3.63) is 23.8 Å². The summed E-state index contributed by atoms with van der Waals surface area (Å²) >= 11 is 0. The maximum Gasteiger partial charge on any atom is 0.161 e. The molecule has 2 N–H and O–H groups in total. The van der Waals surface area contributed by atoms with Gasteiger partial charge in [-0.15, -0.1) is 0 Å². The highest BCUT2D eigenvalue weighted by molar-refractivity contribution is 5.41. The maximum atomic E-state index is 9.65. The van der Waals surface area contributed by atoms with Crippen LogP contribution in [0, 0.1) is 0 Å². The van der Waals surface area contributed by atoms with E-state index in [0.29, 0.717) is 18.4 Å². The first-order valence-electron chi connectivity index (χ1n) is 6.97. The van der Waals surface area contributed by atoms with Gasteiger partial charge >= 0.3 is 0 Å². The van der Waals surface area contributed by atoms with Gasteiger partial charge in [-0.3, -0.25) is 0 Å². The fourth-order valence-electron chi connectivity index (χ4n) is 2.50. The van der Waals surface area contributed by atoms with Crippen LogP contribution in [0.4, 0.5) is 0 Å². The molecule has 18 heavy (non-hydrogen) atoms. The molecule has 1 atom stereocenters. The molecule has 0 saturated carbocycles. The smallest absolute Gasteiger partial charge is 0.161 e. The molecule has 0 bridgehead atoms. The molecule has 0 aliphatic carbocycles. The average molecular weight is 249 g/mol. The molecule has 1 saturated heterocycles. The van der Waals surface area contributed by atoms with E-state index in [0.717, 1.165) is 19.4 Å².